The number of nitro benzene ring substituents is 1. The van der Waals surface area contributed by atoms with Gasteiger partial charge in [0.25, 0.3) is 5.69 Å². The van der Waals surface area contributed by atoms with Crippen LogP contribution >= 0.6 is 35.2 Å². The van der Waals surface area contributed by atoms with Crippen molar-refractivity contribution in [3.05, 3.63) is 98.4 Å². The highest BCUT2D eigenvalue weighted by molar-refractivity contribution is 7.80. The van der Waals surface area contributed by atoms with Gasteiger partial charge in [0, 0.05) is 27.6 Å². The van der Waals surface area contributed by atoms with E-state index in [0.717, 1.165) is 16.0 Å². The molecule has 0 saturated carbocycles. The van der Waals surface area contributed by atoms with Crippen LogP contribution in [0.3, 0.4) is 0 Å². The number of rotatable bonds is 7. The van der Waals surface area contributed by atoms with Gasteiger partial charge in [-0.05, 0) is 49.0 Å². The maximum Gasteiger partial charge on any atom is 0.341 e. The number of halogens is 1. The number of anilines is 2. The van der Waals surface area contributed by atoms with E-state index in [9.17, 15) is 14.9 Å². The molecular formula is C26H20ClN3O5S2. The molecule has 0 aliphatic heterocycles. The number of carbonyl (C=O) groups excluding carboxylic acids is 1. The molecule has 11 heteroatoms. The highest BCUT2D eigenvalue weighted by atomic mass is 35.5. The fraction of sp³-hybridized carbons (Fsp3) is 0.0769. The average Bonchev–Trinajstić information content (AvgIpc) is 3.20. The van der Waals surface area contributed by atoms with E-state index in [0.29, 0.717) is 27.0 Å². The summed E-state index contributed by atoms with van der Waals surface area (Å²) in [5.74, 6) is 0.180. The molecule has 37 heavy (non-hydrogen) atoms. The first-order valence-electron chi connectivity index (χ1n) is 10.8. The van der Waals surface area contributed by atoms with Crippen molar-refractivity contribution < 1.29 is 19.2 Å². The summed E-state index contributed by atoms with van der Waals surface area (Å²) >= 11 is 12.7. The standard InChI is InChI=1S/C26H20ClN3O5S2/c1-15-22(16-6-4-3-5-7-16)23(25(31)34-2)24(37-15)29-26(36)28-18-12-19(30(32)33)14-21(13-18)35-20-10-8-17(27)9-11-20/h3-14H,1-2H3,(H2,28,29,36). The van der Waals surface area contributed by atoms with E-state index in [4.69, 9.17) is 33.3 Å². The average molecular weight is 554 g/mol. The molecule has 4 aromatic rings. The van der Waals surface area contributed by atoms with Crippen molar-refractivity contribution in [3.63, 3.8) is 0 Å². The zero-order chi connectivity index (χ0) is 26.5. The van der Waals surface area contributed by atoms with Crippen LogP contribution in [0.1, 0.15) is 15.2 Å². The quantitative estimate of drug-likeness (QED) is 0.104. The van der Waals surface area contributed by atoms with E-state index >= 15 is 0 Å². The summed E-state index contributed by atoms with van der Waals surface area (Å²) in [6.45, 7) is 1.90. The molecule has 0 saturated heterocycles. The maximum atomic E-state index is 12.7. The van der Waals surface area contributed by atoms with Crippen molar-refractivity contribution >= 4 is 62.6 Å². The Morgan fingerprint density at radius 1 is 1.03 bits per heavy atom. The van der Waals surface area contributed by atoms with Gasteiger partial charge in [-0.15, -0.1) is 11.3 Å². The summed E-state index contributed by atoms with van der Waals surface area (Å²) in [5.41, 5.74) is 2.10. The van der Waals surface area contributed by atoms with Crippen LogP contribution in [0, 0.1) is 17.0 Å². The number of hydrogen-bond donors (Lipinski definition) is 2. The number of non-ortho nitro benzene ring substituents is 1. The van der Waals surface area contributed by atoms with E-state index < -0.39 is 10.9 Å². The Hall–Kier alpha value is -3.99. The maximum absolute atomic E-state index is 12.7. The van der Waals surface area contributed by atoms with Crippen molar-refractivity contribution in [2.45, 2.75) is 6.92 Å². The third-order valence-electron chi connectivity index (χ3n) is 5.17. The zero-order valence-electron chi connectivity index (χ0n) is 19.6. The molecule has 0 aliphatic rings. The van der Waals surface area contributed by atoms with Crippen LogP contribution in [0.2, 0.25) is 5.02 Å². The van der Waals surface area contributed by atoms with Crippen LogP contribution in [0.15, 0.2) is 72.8 Å². The van der Waals surface area contributed by atoms with E-state index in [2.05, 4.69) is 10.6 Å². The molecule has 1 aromatic heterocycles. The molecule has 0 fully saturated rings. The van der Waals surface area contributed by atoms with E-state index in [-0.39, 0.29) is 16.5 Å². The van der Waals surface area contributed by atoms with Crippen LogP contribution in [0.25, 0.3) is 11.1 Å². The number of hydrogen-bond acceptors (Lipinski definition) is 7. The first-order valence-corrected chi connectivity index (χ1v) is 12.4. The molecule has 3 aromatic carbocycles. The van der Waals surface area contributed by atoms with Gasteiger partial charge < -0.3 is 20.1 Å². The third kappa shape index (κ3) is 6.23. The van der Waals surface area contributed by atoms with Crippen molar-refractivity contribution in [2.24, 2.45) is 0 Å². The van der Waals surface area contributed by atoms with Crippen LogP contribution in [0.5, 0.6) is 11.5 Å². The van der Waals surface area contributed by atoms with Crippen molar-refractivity contribution in [1.82, 2.24) is 0 Å². The van der Waals surface area contributed by atoms with Crippen molar-refractivity contribution in [1.29, 1.82) is 0 Å². The van der Waals surface area contributed by atoms with Crippen molar-refractivity contribution in [2.75, 3.05) is 17.7 Å². The molecule has 0 radical (unpaired) electrons. The number of nitrogens with zero attached hydrogens (tertiary/aromatic N) is 1. The molecule has 188 valence electrons. The molecular weight excluding hydrogens is 534 g/mol. The minimum Gasteiger partial charge on any atom is -0.465 e. The second-order valence-corrected chi connectivity index (χ2v) is 9.77. The Bertz CT molecular complexity index is 1470. The number of ether oxygens (including phenoxy) is 2. The summed E-state index contributed by atoms with van der Waals surface area (Å²) in [6.07, 6.45) is 0. The summed E-state index contributed by atoms with van der Waals surface area (Å²) in [5, 5.41) is 18.7. The second kappa shape index (κ2) is 11.4. The van der Waals surface area contributed by atoms with Gasteiger partial charge >= 0.3 is 5.97 Å². The summed E-state index contributed by atoms with van der Waals surface area (Å²) in [7, 11) is 1.32. The molecule has 0 bridgehead atoms. The first kappa shape index (κ1) is 26.1. The number of esters is 1. The molecule has 8 nitrogen and oxygen atoms in total. The van der Waals surface area contributed by atoms with Crippen LogP contribution in [0.4, 0.5) is 16.4 Å². The predicted molar refractivity (Wildman–Crippen MR) is 150 cm³/mol. The molecule has 0 aliphatic carbocycles. The van der Waals surface area contributed by atoms with Gasteiger partial charge in [0.05, 0.1) is 23.8 Å². The Morgan fingerprint density at radius 3 is 2.38 bits per heavy atom. The van der Waals surface area contributed by atoms with Gasteiger partial charge in [-0.2, -0.15) is 0 Å². The number of nitrogens with one attached hydrogen (secondary N) is 2. The Balaban J connectivity index is 1.61. The lowest BCUT2D eigenvalue weighted by atomic mass is 10.0. The Morgan fingerprint density at radius 2 is 1.73 bits per heavy atom. The molecule has 2 N–H and O–H groups in total. The van der Waals surface area contributed by atoms with Gasteiger partial charge in [0.2, 0.25) is 0 Å². The van der Waals surface area contributed by atoms with Gasteiger partial charge in [-0.1, -0.05) is 41.9 Å². The van der Waals surface area contributed by atoms with E-state index in [1.54, 1.807) is 30.3 Å². The Kier molecular flexibility index (Phi) is 8.02. The molecule has 0 amide bonds. The van der Waals surface area contributed by atoms with Crippen LogP contribution in [-0.4, -0.2) is 23.1 Å². The molecule has 1 heterocycles. The number of nitro groups is 1. The van der Waals surface area contributed by atoms with Gasteiger partial charge in [0.15, 0.2) is 5.11 Å². The largest absolute Gasteiger partial charge is 0.465 e. The van der Waals surface area contributed by atoms with Gasteiger partial charge in [-0.3, -0.25) is 10.1 Å². The fourth-order valence-corrected chi connectivity index (χ4v) is 5.09. The van der Waals surface area contributed by atoms with Gasteiger partial charge in [0.1, 0.15) is 22.1 Å². The number of benzene rings is 3. The van der Waals surface area contributed by atoms with Crippen molar-refractivity contribution in [3.8, 4) is 22.6 Å². The minimum absolute atomic E-state index is 0.129. The van der Waals surface area contributed by atoms with Crippen LogP contribution in [-0.2, 0) is 4.74 Å². The smallest absolute Gasteiger partial charge is 0.341 e. The monoisotopic (exact) mass is 553 g/mol. The second-order valence-electron chi connectivity index (χ2n) is 7.70. The predicted octanol–water partition coefficient (Wildman–Crippen LogP) is 7.67. The van der Waals surface area contributed by atoms with E-state index in [1.165, 1.54) is 30.6 Å². The number of carbonyl (C=O) groups is 1. The SMILES string of the molecule is COC(=O)c1c(NC(=S)Nc2cc(Oc3ccc(Cl)cc3)cc([N+](=O)[O-])c2)sc(C)c1-c1ccccc1. The van der Waals surface area contributed by atoms with Crippen LogP contribution < -0.4 is 15.4 Å². The number of aryl methyl sites for hydroxylation is 1. The van der Waals surface area contributed by atoms with Gasteiger partial charge in [-0.25, -0.2) is 4.79 Å². The minimum atomic E-state index is -0.527. The molecule has 0 spiro atoms. The summed E-state index contributed by atoms with van der Waals surface area (Å²) in [4.78, 5) is 24.6. The highest BCUT2D eigenvalue weighted by Crippen LogP contribution is 2.40. The van der Waals surface area contributed by atoms with E-state index in [1.807, 2.05) is 37.3 Å². The lowest BCUT2D eigenvalue weighted by Gasteiger charge is -2.13. The number of thiophene rings is 1. The molecule has 0 atom stereocenters. The lowest BCUT2D eigenvalue weighted by Crippen LogP contribution is -2.20. The number of methoxy groups -OCH3 is 1. The summed E-state index contributed by atoms with van der Waals surface area (Å²) in [6, 6.07) is 20.3. The highest BCUT2D eigenvalue weighted by Gasteiger charge is 2.24. The normalized spacial score (nSPS) is 10.5. The Labute approximate surface area is 227 Å². The molecule has 4 rings (SSSR count). The fourth-order valence-electron chi connectivity index (χ4n) is 3.61. The first-order chi connectivity index (χ1) is 17.7. The lowest BCUT2D eigenvalue weighted by molar-refractivity contribution is -0.384. The zero-order valence-corrected chi connectivity index (χ0v) is 22.0. The molecule has 0 unspecified atom stereocenters. The third-order valence-corrected chi connectivity index (χ3v) is 6.65. The number of thiocarbonyl (C=S) groups is 1. The summed E-state index contributed by atoms with van der Waals surface area (Å²) < 4.78 is 10.8. The topological polar surface area (TPSA) is 103 Å².